The molecule has 0 bridgehead atoms. The fourth-order valence-corrected chi connectivity index (χ4v) is 1.93. The average Bonchev–Trinajstić information content (AvgIpc) is 2.40. The number of aliphatic imine (C=N–C) groups is 2. The Labute approximate surface area is 135 Å². The molecule has 1 aromatic carbocycles. The van der Waals surface area contributed by atoms with Crippen molar-refractivity contribution in [1.29, 1.82) is 0 Å². The highest BCUT2D eigenvalue weighted by Crippen LogP contribution is 2.37. The summed E-state index contributed by atoms with van der Waals surface area (Å²) < 4.78 is 6.00. The molecule has 0 saturated heterocycles. The van der Waals surface area contributed by atoms with Gasteiger partial charge in [0.1, 0.15) is 11.4 Å². The number of hydrogen-bond donors (Lipinski definition) is 3. The van der Waals surface area contributed by atoms with Crippen molar-refractivity contribution in [3.63, 3.8) is 0 Å². The van der Waals surface area contributed by atoms with Crippen LogP contribution in [0.15, 0.2) is 26.6 Å². The number of halogens is 1. The second kappa shape index (κ2) is 8.17. The Morgan fingerprint density at radius 1 is 1.41 bits per heavy atom. The van der Waals surface area contributed by atoms with Crippen LogP contribution in [0.5, 0.6) is 5.75 Å². The van der Waals surface area contributed by atoms with Gasteiger partial charge in [0.25, 0.3) is 5.69 Å². The van der Waals surface area contributed by atoms with Crippen LogP contribution < -0.4 is 21.9 Å². The first-order valence-corrected chi connectivity index (χ1v) is 7.19. The Hall–Kier alpha value is -2.36. The lowest BCUT2D eigenvalue weighted by Crippen LogP contribution is -2.26. The van der Waals surface area contributed by atoms with E-state index < -0.39 is 4.92 Å². The molecule has 0 radical (unpaired) electrons. The molecule has 1 aromatic rings. The van der Waals surface area contributed by atoms with Crippen LogP contribution in [0.25, 0.3) is 0 Å². The lowest BCUT2D eigenvalue weighted by molar-refractivity contribution is -0.384. The summed E-state index contributed by atoms with van der Waals surface area (Å²) in [5.74, 6) is -0.152. The summed E-state index contributed by atoms with van der Waals surface area (Å²) in [4.78, 5) is 17.9. The van der Waals surface area contributed by atoms with Crippen molar-refractivity contribution in [2.45, 2.75) is 19.8 Å². The number of nitro benzene ring substituents is 1. The number of nitrogens with zero attached hydrogens (tertiary/aromatic N) is 3. The van der Waals surface area contributed by atoms with Crippen molar-refractivity contribution in [2.24, 2.45) is 27.2 Å². The molecule has 22 heavy (non-hydrogen) atoms. The van der Waals surface area contributed by atoms with Gasteiger partial charge in [0.2, 0.25) is 5.96 Å². The smallest absolute Gasteiger partial charge is 0.296 e. The van der Waals surface area contributed by atoms with Gasteiger partial charge in [-0.25, -0.2) is 4.99 Å². The monoisotopic (exact) mass is 372 g/mol. The highest BCUT2D eigenvalue weighted by atomic mass is 79.9. The summed E-state index contributed by atoms with van der Waals surface area (Å²) in [6.45, 7) is 2.51. The van der Waals surface area contributed by atoms with Crippen molar-refractivity contribution < 1.29 is 9.66 Å². The molecule has 1 rings (SSSR count). The molecule has 0 aliphatic rings. The van der Waals surface area contributed by atoms with Gasteiger partial charge in [-0.1, -0.05) is 13.3 Å². The van der Waals surface area contributed by atoms with Gasteiger partial charge in [-0.2, -0.15) is 4.99 Å². The Bertz CT molecular complexity index is 613. The summed E-state index contributed by atoms with van der Waals surface area (Å²) in [6.07, 6.45) is 1.82. The van der Waals surface area contributed by atoms with Crippen molar-refractivity contribution in [1.82, 2.24) is 0 Å². The Balaban J connectivity index is 3.24. The van der Waals surface area contributed by atoms with Gasteiger partial charge in [-0.05, 0) is 22.4 Å². The summed E-state index contributed by atoms with van der Waals surface area (Å²) in [5, 5.41) is 11.1. The fraction of sp³-hybridized carbons (Fsp3) is 0.333. The standard InChI is InChI=1S/C12H17BrN6O3/c1-2-3-4-22-10-6-8(17-12(16)18-11(14)15)9(19(20)21)5-7(10)13/h5-6H,2-4H2,1H3,(H6,14,15,16,17,18). The van der Waals surface area contributed by atoms with Gasteiger partial charge >= 0.3 is 0 Å². The van der Waals surface area contributed by atoms with E-state index in [-0.39, 0.29) is 23.3 Å². The largest absolute Gasteiger partial charge is 0.492 e. The minimum Gasteiger partial charge on any atom is -0.492 e. The number of guanidine groups is 2. The predicted molar refractivity (Wildman–Crippen MR) is 88.3 cm³/mol. The Morgan fingerprint density at radius 2 is 2.09 bits per heavy atom. The zero-order valence-corrected chi connectivity index (χ0v) is 13.5. The first-order valence-electron chi connectivity index (χ1n) is 6.39. The third-order valence-electron chi connectivity index (χ3n) is 2.46. The van der Waals surface area contributed by atoms with Crippen LogP contribution in [0.4, 0.5) is 11.4 Å². The van der Waals surface area contributed by atoms with Gasteiger partial charge in [0.15, 0.2) is 5.96 Å². The molecular weight excluding hydrogens is 356 g/mol. The quantitative estimate of drug-likeness (QED) is 0.227. The summed E-state index contributed by atoms with van der Waals surface area (Å²) in [5.41, 5.74) is 15.6. The molecule has 0 unspecified atom stereocenters. The third kappa shape index (κ3) is 5.20. The predicted octanol–water partition coefficient (Wildman–Crippen LogP) is 1.76. The minimum absolute atomic E-state index is 0.00204. The van der Waals surface area contributed by atoms with Gasteiger partial charge in [0, 0.05) is 12.1 Å². The zero-order valence-electron chi connectivity index (χ0n) is 12.0. The molecule has 10 heteroatoms. The summed E-state index contributed by atoms with van der Waals surface area (Å²) >= 11 is 3.23. The number of rotatable bonds is 6. The average molecular weight is 373 g/mol. The maximum atomic E-state index is 11.1. The second-order valence-corrected chi connectivity index (χ2v) is 5.09. The van der Waals surface area contributed by atoms with E-state index in [1.165, 1.54) is 12.1 Å². The fourth-order valence-electron chi connectivity index (χ4n) is 1.49. The van der Waals surface area contributed by atoms with Crippen LogP contribution in [0.1, 0.15) is 19.8 Å². The number of benzene rings is 1. The number of ether oxygens (including phenoxy) is 1. The van der Waals surface area contributed by atoms with Gasteiger partial charge < -0.3 is 21.9 Å². The molecule has 9 nitrogen and oxygen atoms in total. The van der Waals surface area contributed by atoms with E-state index in [1.807, 2.05) is 6.92 Å². The van der Waals surface area contributed by atoms with Crippen molar-refractivity contribution in [3.8, 4) is 5.75 Å². The van der Waals surface area contributed by atoms with E-state index in [2.05, 4.69) is 25.9 Å². The number of nitrogens with two attached hydrogens (primary N) is 3. The molecule has 6 N–H and O–H groups in total. The Kier molecular flexibility index (Phi) is 6.57. The van der Waals surface area contributed by atoms with Crippen LogP contribution in [-0.4, -0.2) is 23.4 Å². The number of hydrogen-bond acceptors (Lipinski definition) is 4. The van der Waals surface area contributed by atoms with E-state index in [9.17, 15) is 10.1 Å². The van der Waals surface area contributed by atoms with Gasteiger partial charge in [-0.3, -0.25) is 10.1 Å². The summed E-state index contributed by atoms with van der Waals surface area (Å²) in [6, 6.07) is 2.70. The first-order chi connectivity index (χ1) is 10.3. The number of nitro groups is 1. The molecular formula is C12H17BrN6O3. The lowest BCUT2D eigenvalue weighted by Gasteiger charge is -2.09. The molecule has 0 aliphatic heterocycles. The highest BCUT2D eigenvalue weighted by Gasteiger charge is 2.18. The molecule has 0 amide bonds. The minimum atomic E-state index is -0.581. The highest BCUT2D eigenvalue weighted by molar-refractivity contribution is 9.10. The third-order valence-corrected chi connectivity index (χ3v) is 3.08. The van der Waals surface area contributed by atoms with E-state index in [0.29, 0.717) is 16.8 Å². The SMILES string of the molecule is CCCCOc1cc(N=C(N)N=C(N)N)c([N+](=O)[O-])cc1Br. The van der Waals surface area contributed by atoms with E-state index in [1.54, 1.807) is 0 Å². The molecule has 0 spiro atoms. The van der Waals surface area contributed by atoms with Crippen molar-refractivity contribution in [3.05, 3.63) is 26.7 Å². The molecule has 0 aliphatic carbocycles. The van der Waals surface area contributed by atoms with Crippen LogP contribution in [-0.2, 0) is 0 Å². The van der Waals surface area contributed by atoms with E-state index in [0.717, 1.165) is 12.8 Å². The zero-order chi connectivity index (χ0) is 16.7. The van der Waals surface area contributed by atoms with Crippen LogP contribution in [0.2, 0.25) is 0 Å². The molecule has 0 aromatic heterocycles. The molecule has 0 heterocycles. The van der Waals surface area contributed by atoms with Crippen molar-refractivity contribution in [2.75, 3.05) is 6.61 Å². The maximum Gasteiger partial charge on any atom is 0.296 e. The van der Waals surface area contributed by atoms with Crippen LogP contribution >= 0.6 is 15.9 Å². The number of unbranched alkanes of at least 4 members (excludes halogenated alkanes) is 1. The normalized spacial score (nSPS) is 11.1. The van der Waals surface area contributed by atoms with Gasteiger partial charge in [0.05, 0.1) is 16.0 Å². The lowest BCUT2D eigenvalue weighted by atomic mass is 10.2. The molecule has 0 atom stereocenters. The topological polar surface area (TPSA) is 155 Å². The maximum absolute atomic E-state index is 11.1. The molecule has 0 saturated carbocycles. The van der Waals surface area contributed by atoms with Gasteiger partial charge in [-0.15, -0.1) is 0 Å². The van der Waals surface area contributed by atoms with Crippen LogP contribution in [0, 0.1) is 10.1 Å². The van der Waals surface area contributed by atoms with E-state index >= 15 is 0 Å². The Morgan fingerprint density at radius 3 is 2.64 bits per heavy atom. The van der Waals surface area contributed by atoms with Crippen molar-refractivity contribution >= 4 is 39.2 Å². The molecule has 0 fully saturated rings. The second-order valence-electron chi connectivity index (χ2n) is 4.24. The molecule has 120 valence electrons. The van der Waals surface area contributed by atoms with E-state index in [4.69, 9.17) is 21.9 Å². The first kappa shape index (κ1) is 17.7. The van der Waals surface area contributed by atoms with Crippen LogP contribution in [0.3, 0.4) is 0 Å². The summed E-state index contributed by atoms with van der Waals surface area (Å²) in [7, 11) is 0.